The van der Waals surface area contributed by atoms with Crippen LogP contribution in [0, 0.1) is 0 Å². The maximum Gasteiger partial charge on any atom is 0.347 e. The largest absolute Gasteiger partial charge is 0.464 e. The third kappa shape index (κ3) is 3.74. The molecular formula is C17H19NO5S. The van der Waals surface area contributed by atoms with Gasteiger partial charge in [-0.3, -0.25) is 4.84 Å². The smallest absolute Gasteiger partial charge is 0.347 e. The van der Waals surface area contributed by atoms with Gasteiger partial charge in [0, 0.05) is 0 Å². The van der Waals surface area contributed by atoms with E-state index in [1.165, 1.54) is 19.2 Å². The van der Waals surface area contributed by atoms with Crippen LogP contribution < -0.4 is 5.06 Å². The SMILES string of the molecule is CCOC(=O)[C@@H](N(OC)c1ccccc1)S(=O)(=O)c1ccccc1. The molecule has 0 aromatic heterocycles. The predicted molar refractivity (Wildman–Crippen MR) is 90.0 cm³/mol. The van der Waals surface area contributed by atoms with Gasteiger partial charge in [0.05, 0.1) is 24.3 Å². The Bertz CT molecular complexity index is 762. The lowest BCUT2D eigenvalue weighted by atomic mass is 10.3. The fourth-order valence-electron chi connectivity index (χ4n) is 2.21. The van der Waals surface area contributed by atoms with Crippen LogP contribution in [0.3, 0.4) is 0 Å². The Kier molecular flexibility index (Phi) is 5.94. The van der Waals surface area contributed by atoms with E-state index in [-0.39, 0.29) is 11.5 Å². The second-order valence-electron chi connectivity index (χ2n) is 4.81. The number of hydrogen-bond acceptors (Lipinski definition) is 6. The van der Waals surface area contributed by atoms with Gasteiger partial charge in [0.2, 0.25) is 9.84 Å². The summed E-state index contributed by atoms with van der Waals surface area (Å²) in [5.41, 5.74) is 0.428. The van der Waals surface area contributed by atoms with Crippen molar-refractivity contribution in [3.8, 4) is 0 Å². The average molecular weight is 349 g/mol. The van der Waals surface area contributed by atoms with E-state index in [2.05, 4.69) is 0 Å². The van der Waals surface area contributed by atoms with Crippen LogP contribution >= 0.6 is 0 Å². The van der Waals surface area contributed by atoms with Gasteiger partial charge < -0.3 is 4.74 Å². The van der Waals surface area contributed by atoms with Crippen molar-refractivity contribution in [2.75, 3.05) is 18.8 Å². The van der Waals surface area contributed by atoms with E-state index in [0.717, 1.165) is 5.06 Å². The Morgan fingerprint density at radius 2 is 1.58 bits per heavy atom. The van der Waals surface area contributed by atoms with Crippen molar-refractivity contribution in [1.29, 1.82) is 0 Å². The summed E-state index contributed by atoms with van der Waals surface area (Å²) in [4.78, 5) is 17.7. The molecule has 0 aliphatic rings. The molecule has 0 aliphatic heterocycles. The fourth-order valence-corrected chi connectivity index (χ4v) is 3.79. The number of benzene rings is 2. The van der Waals surface area contributed by atoms with E-state index < -0.39 is 21.2 Å². The highest BCUT2D eigenvalue weighted by Crippen LogP contribution is 2.25. The average Bonchev–Trinajstić information content (AvgIpc) is 2.61. The van der Waals surface area contributed by atoms with E-state index in [9.17, 15) is 13.2 Å². The van der Waals surface area contributed by atoms with Crippen LogP contribution in [0.4, 0.5) is 5.69 Å². The van der Waals surface area contributed by atoms with Gasteiger partial charge in [0.15, 0.2) is 0 Å². The van der Waals surface area contributed by atoms with Gasteiger partial charge in [-0.05, 0) is 31.2 Å². The molecule has 0 amide bonds. The zero-order chi connectivity index (χ0) is 17.6. The number of sulfone groups is 1. The van der Waals surface area contributed by atoms with E-state index >= 15 is 0 Å². The van der Waals surface area contributed by atoms with Crippen molar-refractivity contribution < 1.29 is 22.8 Å². The standard InChI is InChI=1S/C17H19NO5S/c1-3-23-17(19)16(18(22-2)14-10-6-4-7-11-14)24(20,21)15-12-8-5-9-13-15/h4-13,16H,3H2,1-2H3/t16-/m0/s1. The first-order chi connectivity index (χ1) is 11.5. The number of carbonyl (C=O) groups excluding carboxylic acids is 1. The van der Waals surface area contributed by atoms with Gasteiger partial charge in [-0.15, -0.1) is 0 Å². The minimum atomic E-state index is -4.06. The first-order valence-electron chi connectivity index (χ1n) is 7.36. The molecule has 0 saturated carbocycles. The second-order valence-corrected chi connectivity index (χ2v) is 6.81. The second kappa shape index (κ2) is 7.94. The molecule has 0 saturated heterocycles. The van der Waals surface area contributed by atoms with Crippen LogP contribution in [-0.2, 0) is 24.2 Å². The third-order valence-corrected chi connectivity index (χ3v) is 5.18. The van der Waals surface area contributed by atoms with Crippen LogP contribution in [0.25, 0.3) is 0 Å². The van der Waals surface area contributed by atoms with E-state index in [1.807, 2.05) is 0 Å². The van der Waals surface area contributed by atoms with Gasteiger partial charge in [0.25, 0.3) is 5.37 Å². The van der Waals surface area contributed by atoms with Crippen LogP contribution in [0.2, 0.25) is 0 Å². The molecule has 128 valence electrons. The molecule has 0 radical (unpaired) electrons. The quantitative estimate of drug-likeness (QED) is 0.565. The summed E-state index contributed by atoms with van der Waals surface area (Å²) in [6.07, 6.45) is 0. The Hall–Kier alpha value is -2.38. The minimum absolute atomic E-state index is 0.0148. The summed E-state index contributed by atoms with van der Waals surface area (Å²) in [6, 6.07) is 16.3. The lowest BCUT2D eigenvalue weighted by Crippen LogP contribution is -2.47. The molecule has 0 aliphatic carbocycles. The Labute approximate surface area is 141 Å². The Morgan fingerprint density at radius 1 is 1.04 bits per heavy atom. The Morgan fingerprint density at radius 3 is 2.08 bits per heavy atom. The van der Waals surface area contributed by atoms with E-state index in [1.54, 1.807) is 55.5 Å². The number of ether oxygens (including phenoxy) is 1. The highest BCUT2D eigenvalue weighted by molar-refractivity contribution is 7.92. The molecule has 0 heterocycles. The van der Waals surface area contributed by atoms with Crippen LogP contribution in [0.15, 0.2) is 65.6 Å². The number of para-hydroxylation sites is 1. The fraction of sp³-hybridized carbons (Fsp3) is 0.235. The van der Waals surface area contributed by atoms with Crippen LogP contribution in [0.1, 0.15) is 6.92 Å². The highest BCUT2D eigenvalue weighted by atomic mass is 32.2. The lowest BCUT2D eigenvalue weighted by Gasteiger charge is -2.29. The molecule has 0 bridgehead atoms. The number of nitrogens with zero attached hydrogens (tertiary/aromatic N) is 1. The van der Waals surface area contributed by atoms with Crippen molar-refractivity contribution in [2.24, 2.45) is 0 Å². The van der Waals surface area contributed by atoms with Crippen molar-refractivity contribution in [2.45, 2.75) is 17.2 Å². The van der Waals surface area contributed by atoms with Crippen molar-refractivity contribution in [3.63, 3.8) is 0 Å². The van der Waals surface area contributed by atoms with Gasteiger partial charge in [0.1, 0.15) is 0 Å². The molecule has 0 fully saturated rings. The molecule has 2 aromatic carbocycles. The maximum atomic E-state index is 13.0. The van der Waals surface area contributed by atoms with Gasteiger partial charge in [-0.25, -0.2) is 18.3 Å². The number of hydroxylamine groups is 1. The summed E-state index contributed by atoms with van der Waals surface area (Å²) in [5, 5.41) is -0.604. The topological polar surface area (TPSA) is 72.9 Å². The molecule has 2 aromatic rings. The zero-order valence-electron chi connectivity index (χ0n) is 13.5. The molecule has 7 heteroatoms. The van der Waals surface area contributed by atoms with Crippen molar-refractivity contribution in [1.82, 2.24) is 0 Å². The molecule has 1 atom stereocenters. The number of rotatable bonds is 7. The normalized spacial score (nSPS) is 12.4. The summed E-state index contributed by atoms with van der Waals surface area (Å²) in [6.45, 7) is 1.68. The molecule has 6 nitrogen and oxygen atoms in total. The first-order valence-corrected chi connectivity index (χ1v) is 8.91. The first kappa shape index (κ1) is 18.0. The summed E-state index contributed by atoms with van der Waals surface area (Å²) >= 11 is 0. The van der Waals surface area contributed by atoms with Gasteiger partial charge in [-0.2, -0.15) is 0 Å². The molecule has 24 heavy (non-hydrogen) atoms. The third-order valence-electron chi connectivity index (χ3n) is 3.27. The van der Waals surface area contributed by atoms with E-state index in [4.69, 9.17) is 9.57 Å². The number of esters is 1. The summed E-state index contributed by atoms with van der Waals surface area (Å²) < 4.78 is 31.0. The lowest BCUT2D eigenvalue weighted by molar-refractivity contribution is -0.144. The number of anilines is 1. The number of carbonyl (C=O) groups is 1. The molecule has 0 spiro atoms. The molecule has 2 rings (SSSR count). The number of hydrogen-bond donors (Lipinski definition) is 0. The predicted octanol–water partition coefficient (Wildman–Crippen LogP) is 2.42. The van der Waals surface area contributed by atoms with Crippen LogP contribution in [-0.4, -0.2) is 33.5 Å². The van der Waals surface area contributed by atoms with Crippen LogP contribution in [0.5, 0.6) is 0 Å². The highest BCUT2D eigenvalue weighted by Gasteiger charge is 2.41. The summed E-state index contributed by atoms with van der Waals surface area (Å²) in [5.74, 6) is -0.896. The summed E-state index contributed by atoms with van der Waals surface area (Å²) in [7, 11) is -2.75. The molecular weight excluding hydrogens is 330 g/mol. The monoisotopic (exact) mass is 349 g/mol. The zero-order valence-corrected chi connectivity index (χ0v) is 14.3. The van der Waals surface area contributed by atoms with Gasteiger partial charge >= 0.3 is 5.97 Å². The van der Waals surface area contributed by atoms with Gasteiger partial charge in [-0.1, -0.05) is 36.4 Å². The molecule has 0 N–H and O–H groups in total. The Balaban J connectivity index is 2.54. The maximum absolute atomic E-state index is 13.0. The van der Waals surface area contributed by atoms with E-state index in [0.29, 0.717) is 5.69 Å². The minimum Gasteiger partial charge on any atom is -0.464 e. The molecule has 0 unspecified atom stereocenters. The van der Waals surface area contributed by atoms with Crippen molar-refractivity contribution >= 4 is 21.5 Å². The van der Waals surface area contributed by atoms with Crippen molar-refractivity contribution in [3.05, 3.63) is 60.7 Å².